The first kappa shape index (κ1) is 15.9. The second-order valence-corrected chi connectivity index (χ2v) is 9.45. The van der Waals surface area contributed by atoms with Crippen LogP contribution in [0.5, 0.6) is 0 Å². The lowest BCUT2D eigenvalue weighted by molar-refractivity contribution is -0.232. The first-order valence-corrected chi connectivity index (χ1v) is 11.0. The third-order valence-corrected chi connectivity index (χ3v) is 8.81. The summed E-state index contributed by atoms with van der Waals surface area (Å²) >= 11 is 0. The van der Waals surface area contributed by atoms with Gasteiger partial charge in [-0.1, -0.05) is 31.5 Å². The van der Waals surface area contributed by atoms with Gasteiger partial charge >= 0.3 is 0 Å². The molecule has 0 N–H and O–H groups in total. The maximum absolute atomic E-state index is 6.94. The second kappa shape index (κ2) is 5.26. The molecule has 4 fully saturated rings. The number of nitrogens with zero attached hydrogens (tertiary/aromatic N) is 2. The van der Waals surface area contributed by atoms with Gasteiger partial charge in [-0.25, -0.2) is 0 Å². The summed E-state index contributed by atoms with van der Waals surface area (Å²) in [5.41, 5.74) is 3.74. The second-order valence-electron chi connectivity index (χ2n) is 9.45. The summed E-state index contributed by atoms with van der Waals surface area (Å²) < 4.78 is 6.94. The van der Waals surface area contributed by atoms with Gasteiger partial charge < -0.3 is 9.64 Å². The molecule has 26 heavy (non-hydrogen) atoms. The van der Waals surface area contributed by atoms with Gasteiger partial charge in [0.2, 0.25) is 0 Å². The van der Waals surface area contributed by atoms with E-state index in [2.05, 4.69) is 41.0 Å². The van der Waals surface area contributed by atoms with Gasteiger partial charge in [-0.2, -0.15) is 0 Å². The number of para-hydroxylation sites is 1. The molecule has 140 valence electrons. The minimum absolute atomic E-state index is 0.0156. The number of hydrogen-bond donors (Lipinski definition) is 0. The number of ether oxygens (including phenoxy) is 1. The molecule has 0 aromatic heterocycles. The lowest BCUT2D eigenvalue weighted by Crippen LogP contribution is -2.72. The average Bonchev–Trinajstić information content (AvgIpc) is 3.31. The van der Waals surface area contributed by atoms with E-state index in [-0.39, 0.29) is 11.1 Å². The molecule has 0 amide bonds. The van der Waals surface area contributed by atoms with Crippen LogP contribution in [0.25, 0.3) is 0 Å². The van der Waals surface area contributed by atoms with Gasteiger partial charge in [-0.05, 0) is 56.6 Å². The van der Waals surface area contributed by atoms with Crippen LogP contribution in [0.1, 0.15) is 63.9 Å². The molecule has 3 saturated heterocycles. The quantitative estimate of drug-likeness (QED) is 0.806. The fourth-order valence-electron chi connectivity index (χ4n) is 8.10. The van der Waals surface area contributed by atoms with E-state index in [1.807, 2.05) is 0 Å². The summed E-state index contributed by atoms with van der Waals surface area (Å²) in [4.78, 5) is 5.60. The fraction of sp³-hybridized carbons (Fsp3) is 0.739. The number of hydrogen-bond acceptors (Lipinski definition) is 3. The summed E-state index contributed by atoms with van der Waals surface area (Å²) in [5, 5.41) is 0. The van der Waals surface area contributed by atoms with Gasteiger partial charge in [-0.15, -0.1) is 0 Å². The third kappa shape index (κ3) is 1.53. The number of piperidine rings is 1. The molecule has 0 unspecified atom stereocenters. The van der Waals surface area contributed by atoms with E-state index in [1.54, 1.807) is 5.56 Å². The predicted octanol–water partition coefficient (Wildman–Crippen LogP) is 4.31. The zero-order valence-corrected chi connectivity index (χ0v) is 16.2. The van der Waals surface area contributed by atoms with E-state index >= 15 is 0 Å². The normalized spacial score (nSPS) is 43.1. The van der Waals surface area contributed by atoms with Crippen LogP contribution in [0.3, 0.4) is 0 Å². The molecule has 4 heterocycles. The van der Waals surface area contributed by atoms with Crippen LogP contribution in [0.2, 0.25) is 0 Å². The number of rotatable bonds is 3. The zero-order chi connectivity index (χ0) is 17.4. The van der Waals surface area contributed by atoms with Crippen LogP contribution in [-0.2, 0) is 10.2 Å². The molecule has 4 aliphatic heterocycles. The molecule has 6 rings (SSSR count). The minimum atomic E-state index is -0.0156. The topological polar surface area (TPSA) is 15.7 Å². The molecule has 0 radical (unpaired) electrons. The Morgan fingerprint density at radius 2 is 2.04 bits per heavy atom. The Bertz CT molecular complexity index is 735. The molecule has 2 spiro atoms. The van der Waals surface area contributed by atoms with Crippen molar-refractivity contribution in [3.8, 4) is 0 Å². The highest BCUT2D eigenvalue weighted by Crippen LogP contribution is 2.73. The summed E-state index contributed by atoms with van der Waals surface area (Å²) in [7, 11) is 0. The van der Waals surface area contributed by atoms with Crippen molar-refractivity contribution in [2.45, 2.75) is 75.5 Å². The lowest BCUT2D eigenvalue weighted by atomic mass is 9.50. The Balaban J connectivity index is 1.58. The van der Waals surface area contributed by atoms with Gasteiger partial charge in [0.1, 0.15) is 5.72 Å². The Kier molecular flexibility index (Phi) is 3.23. The molecule has 4 atom stereocenters. The average molecular weight is 353 g/mol. The molecule has 1 aromatic carbocycles. The molecular formula is C23H32N2O. The summed E-state index contributed by atoms with van der Waals surface area (Å²) in [6.07, 6.45) is 10.6. The molecular weight excluding hydrogens is 320 g/mol. The highest BCUT2D eigenvalue weighted by atomic mass is 16.5. The summed E-state index contributed by atoms with van der Waals surface area (Å²) in [6, 6.07) is 10.0. The molecule has 1 aliphatic carbocycles. The van der Waals surface area contributed by atoms with Crippen molar-refractivity contribution in [2.24, 2.45) is 5.41 Å². The Morgan fingerprint density at radius 1 is 1.12 bits per heavy atom. The number of unbranched alkanes of at least 4 members (excludes halogenated alkanes) is 1. The SMILES string of the molecule is CCCCN1c2ccccc2[C@@]23CCN4CCC[C@]5(CCO[C@@]452)CC[C@@H]13. The molecule has 0 bridgehead atoms. The fourth-order valence-corrected chi connectivity index (χ4v) is 8.10. The van der Waals surface area contributed by atoms with Crippen LogP contribution in [0.4, 0.5) is 5.69 Å². The number of fused-ring (bicyclic) bond motifs is 1. The maximum atomic E-state index is 6.94. The Hall–Kier alpha value is -1.06. The highest BCUT2D eigenvalue weighted by Gasteiger charge is 2.79. The van der Waals surface area contributed by atoms with Crippen molar-refractivity contribution in [3.05, 3.63) is 29.8 Å². The van der Waals surface area contributed by atoms with Gasteiger partial charge in [0.15, 0.2) is 0 Å². The summed E-state index contributed by atoms with van der Waals surface area (Å²) in [6.45, 7) is 6.98. The van der Waals surface area contributed by atoms with Crippen molar-refractivity contribution < 1.29 is 4.74 Å². The molecule has 5 aliphatic rings. The van der Waals surface area contributed by atoms with Crippen molar-refractivity contribution >= 4 is 5.69 Å². The van der Waals surface area contributed by atoms with E-state index < -0.39 is 0 Å². The van der Waals surface area contributed by atoms with Crippen molar-refractivity contribution in [1.29, 1.82) is 0 Å². The first-order valence-electron chi connectivity index (χ1n) is 11.0. The van der Waals surface area contributed by atoms with Crippen LogP contribution in [0, 0.1) is 5.41 Å². The largest absolute Gasteiger partial charge is 0.367 e. The lowest BCUT2D eigenvalue weighted by Gasteiger charge is -2.63. The monoisotopic (exact) mass is 352 g/mol. The van der Waals surface area contributed by atoms with Crippen LogP contribution in [0.15, 0.2) is 24.3 Å². The molecule has 3 heteroatoms. The first-order chi connectivity index (χ1) is 12.8. The predicted molar refractivity (Wildman–Crippen MR) is 105 cm³/mol. The van der Waals surface area contributed by atoms with E-state index in [0.717, 1.165) is 6.61 Å². The van der Waals surface area contributed by atoms with Crippen molar-refractivity contribution in [1.82, 2.24) is 4.90 Å². The van der Waals surface area contributed by atoms with Crippen molar-refractivity contribution in [3.63, 3.8) is 0 Å². The van der Waals surface area contributed by atoms with Crippen LogP contribution < -0.4 is 4.90 Å². The van der Waals surface area contributed by atoms with Gasteiger partial charge in [0.25, 0.3) is 0 Å². The maximum Gasteiger partial charge on any atom is 0.139 e. The van der Waals surface area contributed by atoms with Gasteiger partial charge in [0.05, 0.1) is 5.41 Å². The van der Waals surface area contributed by atoms with Gasteiger partial charge in [-0.3, -0.25) is 4.90 Å². The standard InChI is InChI=1S/C23H32N2O/c1-2-3-15-25-19-8-5-4-7-18(19)22-12-16-24-14-6-10-21(11-9-20(22)25)13-17-26-23(21,22)24/h4-5,7-8,20H,2-3,6,9-17H2,1H3/t20-,21-,22-,23+/m1/s1. The van der Waals surface area contributed by atoms with E-state index in [1.165, 1.54) is 76.7 Å². The van der Waals surface area contributed by atoms with Crippen molar-refractivity contribution in [2.75, 3.05) is 31.1 Å². The van der Waals surface area contributed by atoms with E-state index in [0.29, 0.717) is 11.5 Å². The van der Waals surface area contributed by atoms with E-state index in [9.17, 15) is 0 Å². The van der Waals surface area contributed by atoms with Crippen LogP contribution >= 0.6 is 0 Å². The smallest absolute Gasteiger partial charge is 0.139 e. The molecule has 1 saturated carbocycles. The van der Waals surface area contributed by atoms with Gasteiger partial charge in [0, 0.05) is 43.4 Å². The minimum Gasteiger partial charge on any atom is -0.367 e. The van der Waals surface area contributed by atoms with Crippen LogP contribution in [-0.4, -0.2) is 42.9 Å². The Labute approximate surface area is 157 Å². The Morgan fingerprint density at radius 3 is 2.96 bits per heavy atom. The third-order valence-electron chi connectivity index (χ3n) is 8.81. The molecule has 1 aromatic rings. The molecule has 3 nitrogen and oxygen atoms in total. The summed E-state index contributed by atoms with van der Waals surface area (Å²) in [5.74, 6) is 0. The van der Waals surface area contributed by atoms with E-state index in [4.69, 9.17) is 4.74 Å². The number of benzene rings is 1. The zero-order valence-electron chi connectivity index (χ0n) is 16.2. The highest BCUT2D eigenvalue weighted by molar-refractivity contribution is 5.67. The number of anilines is 1.